The van der Waals surface area contributed by atoms with Gasteiger partial charge in [-0.3, -0.25) is 4.98 Å². The topological polar surface area (TPSA) is 69.3 Å². The third kappa shape index (κ3) is 2.62. The molecule has 2 aliphatic rings. The second kappa shape index (κ2) is 6.52. The van der Waals surface area contributed by atoms with Gasteiger partial charge >= 0.3 is 0 Å². The number of Topliss-reactive ketones (excluding diaryl/α,β-unsaturated/α-hetero) is 1. The van der Waals surface area contributed by atoms with Crippen LogP contribution in [0, 0.1) is 25.3 Å². The van der Waals surface area contributed by atoms with E-state index in [1.54, 1.807) is 13.3 Å². The highest BCUT2D eigenvalue weighted by Gasteiger charge is 2.49. The molecule has 0 spiro atoms. The Labute approximate surface area is 164 Å². The summed E-state index contributed by atoms with van der Waals surface area (Å²) in [6.45, 7) is 13.4. The largest absolute Gasteiger partial charge is 0.481 e. The molecule has 0 bridgehead atoms. The molecule has 2 aromatic rings. The van der Waals surface area contributed by atoms with E-state index in [1.807, 2.05) is 32.1 Å². The average molecular weight is 374 g/mol. The van der Waals surface area contributed by atoms with Gasteiger partial charge in [0.05, 0.1) is 19.4 Å². The van der Waals surface area contributed by atoms with Crippen LogP contribution in [0.3, 0.4) is 0 Å². The molecule has 142 valence electrons. The van der Waals surface area contributed by atoms with Gasteiger partial charge in [0.1, 0.15) is 0 Å². The minimum absolute atomic E-state index is 0.0630. The molecule has 0 radical (unpaired) electrons. The van der Waals surface area contributed by atoms with Crippen molar-refractivity contribution in [2.45, 2.75) is 39.0 Å². The van der Waals surface area contributed by atoms with Crippen molar-refractivity contribution in [2.24, 2.45) is 11.8 Å². The smallest absolute Gasteiger partial charge is 0.226 e. The Kier molecular flexibility index (Phi) is 4.26. The van der Waals surface area contributed by atoms with Crippen LogP contribution in [-0.2, 0) is 16.6 Å². The minimum Gasteiger partial charge on any atom is -0.481 e. The van der Waals surface area contributed by atoms with Gasteiger partial charge in [-0.25, -0.2) is 9.83 Å². The third-order valence-corrected chi connectivity index (χ3v) is 6.13. The predicted octanol–water partition coefficient (Wildman–Crippen LogP) is 3.70. The number of carbonyl (C=O) groups is 1. The van der Waals surface area contributed by atoms with Crippen molar-refractivity contribution in [1.82, 2.24) is 15.0 Å². The number of methoxy groups -OCH3 is 1. The van der Waals surface area contributed by atoms with E-state index in [-0.39, 0.29) is 23.3 Å². The lowest BCUT2D eigenvalue weighted by molar-refractivity contribution is -0.121. The first kappa shape index (κ1) is 18.3. The molecule has 2 heterocycles. The molecule has 6 heteroatoms. The Morgan fingerprint density at radius 1 is 1.36 bits per heavy atom. The van der Waals surface area contributed by atoms with Crippen molar-refractivity contribution in [3.63, 3.8) is 0 Å². The number of aromatic nitrogens is 3. The standard InChI is InChI=1S/C22H22N4O2/c1-12-10-14(8-9-24-12)20-25-19-15(21(26-20)28-5)6-7-16-13(2)18(27)17(23-4)11-22(16,19)3/h8-11,13,16H,6-7H2,1-3,5H3/t13-,16-,22-/m1/s1. The first-order chi connectivity index (χ1) is 13.4. The molecule has 0 saturated heterocycles. The van der Waals surface area contributed by atoms with Crippen LogP contribution in [0.2, 0.25) is 0 Å². The summed E-state index contributed by atoms with van der Waals surface area (Å²) in [5.74, 6) is 0.970. The Balaban J connectivity index is 1.97. The zero-order valence-corrected chi connectivity index (χ0v) is 16.5. The molecule has 0 aromatic carbocycles. The maximum Gasteiger partial charge on any atom is 0.226 e. The zero-order chi connectivity index (χ0) is 20.1. The maximum absolute atomic E-state index is 12.6. The quantitative estimate of drug-likeness (QED) is 0.750. The SMILES string of the molecule is [C-]#[N+]C1=C[C@@]2(C)c3nc(-c4ccnc(C)c4)nc(OC)c3CC[C@@H]2[C@@H](C)C1=O. The van der Waals surface area contributed by atoms with E-state index in [2.05, 4.69) is 21.7 Å². The number of ketones is 1. The molecule has 0 saturated carbocycles. The molecule has 6 nitrogen and oxygen atoms in total. The van der Waals surface area contributed by atoms with Crippen molar-refractivity contribution in [1.29, 1.82) is 0 Å². The molecule has 28 heavy (non-hydrogen) atoms. The summed E-state index contributed by atoms with van der Waals surface area (Å²) in [7, 11) is 1.62. The van der Waals surface area contributed by atoms with Gasteiger partial charge in [0.15, 0.2) is 11.6 Å². The van der Waals surface area contributed by atoms with Gasteiger partial charge in [-0.15, -0.1) is 0 Å². The average Bonchev–Trinajstić information content (AvgIpc) is 2.70. The molecule has 0 aliphatic heterocycles. The van der Waals surface area contributed by atoms with E-state index in [1.165, 1.54) is 0 Å². The summed E-state index contributed by atoms with van der Waals surface area (Å²) in [5.41, 5.74) is 3.28. The van der Waals surface area contributed by atoms with Gasteiger partial charge in [-0.2, -0.15) is 4.98 Å². The third-order valence-electron chi connectivity index (χ3n) is 6.13. The number of pyridine rings is 1. The van der Waals surface area contributed by atoms with Crippen molar-refractivity contribution < 1.29 is 9.53 Å². The van der Waals surface area contributed by atoms with Crippen molar-refractivity contribution in [2.75, 3.05) is 7.11 Å². The lowest BCUT2D eigenvalue weighted by Crippen LogP contribution is -2.46. The minimum atomic E-state index is -0.506. The van der Waals surface area contributed by atoms with E-state index in [0.717, 1.165) is 35.4 Å². The van der Waals surface area contributed by atoms with E-state index >= 15 is 0 Å². The second-order valence-corrected chi connectivity index (χ2v) is 7.79. The second-order valence-electron chi connectivity index (χ2n) is 7.79. The molecule has 4 rings (SSSR count). The van der Waals surface area contributed by atoms with Crippen LogP contribution < -0.4 is 4.74 Å². The van der Waals surface area contributed by atoms with Gasteiger partial charge in [-0.05, 0) is 37.8 Å². The van der Waals surface area contributed by atoms with Crippen molar-refractivity contribution in [3.05, 3.63) is 58.5 Å². The van der Waals surface area contributed by atoms with Crippen LogP contribution in [0.1, 0.15) is 37.2 Å². The first-order valence-corrected chi connectivity index (χ1v) is 9.42. The number of ether oxygens (including phenoxy) is 1. The number of aryl methyl sites for hydroxylation is 1. The van der Waals surface area contributed by atoms with Crippen LogP contribution in [0.15, 0.2) is 30.1 Å². The Morgan fingerprint density at radius 3 is 2.82 bits per heavy atom. The van der Waals surface area contributed by atoms with Crippen LogP contribution >= 0.6 is 0 Å². The van der Waals surface area contributed by atoms with Gasteiger partial charge in [-0.1, -0.05) is 19.9 Å². The van der Waals surface area contributed by atoms with Crippen LogP contribution in [0.4, 0.5) is 0 Å². The predicted molar refractivity (Wildman–Crippen MR) is 105 cm³/mol. The van der Waals surface area contributed by atoms with E-state index in [4.69, 9.17) is 16.3 Å². The summed E-state index contributed by atoms with van der Waals surface area (Å²) in [6.07, 6.45) is 5.15. The molecule has 0 amide bonds. The fourth-order valence-electron chi connectivity index (χ4n) is 4.70. The van der Waals surface area contributed by atoms with Gasteiger partial charge in [0, 0.05) is 34.4 Å². The number of allylic oxidation sites excluding steroid dienone is 2. The monoisotopic (exact) mass is 374 g/mol. The highest BCUT2D eigenvalue weighted by atomic mass is 16.5. The van der Waals surface area contributed by atoms with Crippen LogP contribution in [0.25, 0.3) is 16.2 Å². The Morgan fingerprint density at radius 2 is 2.14 bits per heavy atom. The summed E-state index contributed by atoms with van der Waals surface area (Å²) >= 11 is 0. The summed E-state index contributed by atoms with van der Waals surface area (Å²) < 4.78 is 5.62. The Hall–Kier alpha value is -3.07. The van der Waals surface area contributed by atoms with Crippen LogP contribution in [-0.4, -0.2) is 27.8 Å². The molecule has 0 unspecified atom stereocenters. The lowest BCUT2D eigenvalue weighted by Gasteiger charge is -2.45. The fraction of sp³-hybridized carbons (Fsp3) is 0.409. The van der Waals surface area contributed by atoms with Gasteiger partial charge < -0.3 is 9.53 Å². The van der Waals surface area contributed by atoms with Gasteiger partial charge in [0.2, 0.25) is 11.6 Å². The molecule has 3 atom stereocenters. The number of nitrogens with zero attached hydrogens (tertiary/aromatic N) is 4. The molecule has 2 aromatic heterocycles. The first-order valence-electron chi connectivity index (χ1n) is 9.42. The van der Waals surface area contributed by atoms with E-state index in [9.17, 15) is 4.79 Å². The van der Waals surface area contributed by atoms with E-state index < -0.39 is 5.41 Å². The highest BCUT2D eigenvalue weighted by Crippen LogP contribution is 2.51. The molecular weight excluding hydrogens is 352 g/mol. The highest BCUT2D eigenvalue weighted by molar-refractivity contribution is 6.00. The zero-order valence-electron chi connectivity index (χ0n) is 16.5. The molecule has 2 aliphatic carbocycles. The van der Waals surface area contributed by atoms with Crippen molar-refractivity contribution in [3.8, 4) is 17.3 Å². The number of rotatable bonds is 2. The summed E-state index contributed by atoms with van der Waals surface area (Å²) in [6, 6.07) is 3.82. The number of fused-ring (bicyclic) bond motifs is 3. The van der Waals surface area contributed by atoms with Crippen LogP contribution in [0.5, 0.6) is 5.88 Å². The summed E-state index contributed by atoms with van der Waals surface area (Å²) in [4.78, 5) is 29.9. The number of hydrogen-bond donors (Lipinski definition) is 0. The molecule has 0 N–H and O–H groups in total. The van der Waals surface area contributed by atoms with Crippen molar-refractivity contribution >= 4 is 5.78 Å². The normalized spacial score (nSPS) is 26.0. The Bertz CT molecular complexity index is 1050. The van der Waals surface area contributed by atoms with Gasteiger partial charge in [0.25, 0.3) is 0 Å². The maximum atomic E-state index is 12.6. The lowest BCUT2D eigenvalue weighted by atomic mass is 9.58. The molecule has 0 fully saturated rings. The number of carbonyl (C=O) groups excluding carboxylic acids is 1. The number of hydrogen-bond acceptors (Lipinski definition) is 5. The van der Waals surface area contributed by atoms with E-state index in [0.29, 0.717) is 11.7 Å². The fourth-order valence-corrected chi connectivity index (χ4v) is 4.70. The summed E-state index contributed by atoms with van der Waals surface area (Å²) in [5, 5.41) is 0. The molecular formula is C22H22N4O2.